The highest BCUT2D eigenvalue weighted by Crippen LogP contribution is 2.39. The molecule has 0 saturated heterocycles. The van der Waals surface area contributed by atoms with Crippen molar-refractivity contribution in [1.29, 1.82) is 0 Å². The topological polar surface area (TPSA) is 81.8 Å². The summed E-state index contributed by atoms with van der Waals surface area (Å²) in [7, 11) is 0. The third-order valence-electron chi connectivity index (χ3n) is 7.11. The second kappa shape index (κ2) is 9.49. The van der Waals surface area contributed by atoms with Gasteiger partial charge in [0, 0.05) is 21.4 Å². The summed E-state index contributed by atoms with van der Waals surface area (Å²) in [5.74, 6) is 6.96. The highest BCUT2D eigenvalue weighted by molar-refractivity contribution is 7.15. The fraction of sp³-hybridized carbons (Fsp3) is 0.0968. The number of rotatable bonds is 2. The van der Waals surface area contributed by atoms with Gasteiger partial charge in [-0.15, -0.1) is 21.5 Å². The lowest BCUT2D eigenvalue weighted by atomic mass is 10.00. The number of fused-ring (bicyclic) bond motifs is 6. The summed E-state index contributed by atoms with van der Waals surface area (Å²) in [6, 6.07) is 24.5. The summed E-state index contributed by atoms with van der Waals surface area (Å²) in [5.41, 5.74) is 2.40. The zero-order chi connectivity index (χ0) is 27.4. The van der Waals surface area contributed by atoms with E-state index in [1.165, 1.54) is 11.3 Å². The quantitative estimate of drug-likeness (QED) is 0.219. The van der Waals surface area contributed by atoms with Crippen molar-refractivity contribution < 1.29 is 4.79 Å². The van der Waals surface area contributed by atoms with Gasteiger partial charge in [-0.2, -0.15) is 0 Å². The molecular weight excluding hydrogens is 542 g/mol. The van der Waals surface area contributed by atoms with E-state index in [0.29, 0.717) is 16.2 Å². The van der Waals surface area contributed by atoms with Gasteiger partial charge in [0.1, 0.15) is 10.8 Å². The van der Waals surface area contributed by atoms with Crippen molar-refractivity contribution in [3.8, 4) is 16.8 Å². The highest BCUT2D eigenvalue weighted by atomic mass is 35.5. The third kappa shape index (κ3) is 3.82. The smallest absolute Gasteiger partial charge is 0.290 e. The predicted molar refractivity (Wildman–Crippen MR) is 157 cm³/mol. The van der Waals surface area contributed by atoms with Crippen LogP contribution in [0.4, 0.5) is 0 Å². The molecule has 1 unspecified atom stereocenters. The molecule has 1 atom stereocenters. The van der Waals surface area contributed by atoms with E-state index in [4.69, 9.17) is 11.6 Å². The molecule has 40 heavy (non-hydrogen) atoms. The van der Waals surface area contributed by atoms with Crippen molar-refractivity contribution in [2.24, 2.45) is 0 Å². The van der Waals surface area contributed by atoms with Gasteiger partial charge in [-0.05, 0) is 42.1 Å². The van der Waals surface area contributed by atoms with Gasteiger partial charge in [0.05, 0.1) is 23.0 Å². The van der Waals surface area contributed by atoms with E-state index in [9.17, 15) is 9.59 Å². The molecule has 6 aromatic rings. The van der Waals surface area contributed by atoms with E-state index in [1.807, 2.05) is 79.7 Å². The first-order chi connectivity index (χ1) is 19.5. The fourth-order valence-corrected chi connectivity index (χ4v) is 6.64. The van der Waals surface area contributed by atoms with Crippen LogP contribution in [0.1, 0.15) is 38.5 Å². The van der Waals surface area contributed by atoms with Crippen LogP contribution in [0.5, 0.6) is 0 Å². The van der Waals surface area contributed by atoms with E-state index >= 15 is 0 Å². The Hall–Kier alpha value is -4.71. The summed E-state index contributed by atoms with van der Waals surface area (Å²) in [6.45, 7) is 2.04. The average molecular weight is 562 g/mol. The van der Waals surface area contributed by atoms with Gasteiger partial charge >= 0.3 is 0 Å². The van der Waals surface area contributed by atoms with Crippen molar-refractivity contribution in [3.63, 3.8) is 0 Å². The van der Waals surface area contributed by atoms with Gasteiger partial charge in [0.25, 0.3) is 11.5 Å². The molecule has 1 N–H and O–H groups in total. The van der Waals surface area contributed by atoms with Gasteiger partial charge < -0.3 is 5.32 Å². The van der Waals surface area contributed by atoms with E-state index < -0.39 is 6.04 Å². The normalized spacial score (nSPS) is 14.2. The first-order valence-electron chi connectivity index (χ1n) is 12.6. The van der Waals surface area contributed by atoms with Crippen LogP contribution in [-0.2, 0) is 6.54 Å². The Morgan fingerprint density at radius 1 is 0.925 bits per heavy atom. The highest BCUT2D eigenvalue weighted by Gasteiger charge is 2.33. The first-order valence-corrected chi connectivity index (χ1v) is 13.8. The monoisotopic (exact) mass is 561 g/mol. The summed E-state index contributed by atoms with van der Waals surface area (Å²) in [4.78, 5) is 27.3. The maximum Gasteiger partial charge on any atom is 0.290 e. The van der Waals surface area contributed by atoms with Crippen molar-refractivity contribution in [2.75, 3.05) is 0 Å². The number of halogens is 1. The summed E-state index contributed by atoms with van der Waals surface area (Å²) < 4.78 is 3.48. The molecule has 4 heterocycles. The van der Waals surface area contributed by atoms with E-state index in [-0.39, 0.29) is 23.8 Å². The van der Waals surface area contributed by atoms with Gasteiger partial charge in [0.2, 0.25) is 5.82 Å². The third-order valence-corrected chi connectivity index (χ3v) is 8.51. The Morgan fingerprint density at radius 3 is 2.48 bits per heavy atom. The SMILES string of the molecule is Cc1nnc2n1-c1sc(C#CCn3c(=O)c4ccccc4c4ccccc43)cc1C(c1ccccc1Cl)NC2=O. The van der Waals surface area contributed by atoms with Gasteiger partial charge in [-0.1, -0.05) is 78.0 Å². The van der Waals surface area contributed by atoms with E-state index in [2.05, 4.69) is 27.4 Å². The van der Waals surface area contributed by atoms with Crippen molar-refractivity contribution in [1.82, 2.24) is 24.6 Å². The zero-order valence-electron chi connectivity index (χ0n) is 21.2. The molecule has 0 fully saturated rings. The number of hydrogen-bond donors (Lipinski definition) is 1. The van der Waals surface area contributed by atoms with Crippen molar-refractivity contribution >= 4 is 50.5 Å². The molecule has 9 heteroatoms. The van der Waals surface area contributed by atoms with Crippen LogP contribution in [0.2, 0.25) is 5.02 Å². The number of aromatic nitrogens is 4. The molecule has 0 bridgehead atoms. The lowest BCUT2D eigenvalue weighted by Gasteiger charge is -2.18. The Bertz CT molecular complexity index is 2110. The van der Waals surface area contributed by atoms with Crippen LogP contribution >= 0.6 is 22.9 Å². The van der Waals surface area contributed by atoms with Crippen LogP contribution < -0.4 is 10.9 Å². The molecule has 0 aliphatic carbocycles. The number of hydrogen-bond acceptors (Lipinski definition) is 5. The fourth-order valence-electron chi connectivity index (χ4n) is 5.28. The Labute approximate surface area is 237 Å². The lowest BCUT2D eigenvalue weighted by molar-refractivity contribution is 0.0933. The number of amides is 1. The number of aryl methyl sites for hydroxylation is 1. The number of thiophene rings is 1. The van der Waals surface area contributed by atoms with Crippen molar-refractivity contribution in [2.45, 2.75) is 19.5 Å². The minimum atomic E-state index is -0.490. The number of nitrogens with zero attached hydrogens (tertiary/aromatic N) is 4. The number of carbonyl (C=O) groups excluding carboxylic acids is 1. The minimum absolute atomic E-state index is 0.0724. The summed E-state index contributed by atoms with van der Waals surface area (Å²) >= 11 is 8.01. The van der Waals surface area contributed by atoms with Crippen molar-refractivity contribution in [3.05, 3.63) is 122 Å². The second-order valence-corrected chi connectivity index (χ2v) is 10.9. The standard InChI is InChI=1S/C31H20ClN5O2S/c1-18-34-35-28-29(38)33-27(23-13-4-6-14-25(23)32)24-17-19(40-31(24)37(18)28)9-8-16-36-26-15-7-5-11-21(26)20-10-2-3-12-22(20)30(36)39/h2-7,10-15,17,27H,16H2,1H3,(H,33,38). The van der Waals surface area contributed by atoms with Crippen LogP contribution in [-0.4, -0.2) is 25.2 Å². The van der Waals surface area contributed by atoms with E-state index in [0.717, 1.165) is 37.3 Å². The number of nitrogens with one attached hydrogen (secondary N) is 1. The molecule has 1 amide bonds. The second-order valence-electron chi connectivity index (χ2n) is 9.46. The Balaban J connectivity index is 1.34. The maximum absolute atomic E-state index is 13.4. The lowest BCUT2D eigenvalue weighted by Crippen LogP contribution is -2.29. The zero-order valence-corrected chi connectivity index (χ0v) is 22.8. The average Bonchev–Trinajstić information content (AvgIpc) is 3.54. The largest absolute Gasteiger partial charge is 0.338 e. The number of pyridine rings is 1. The molecule has 7 nitrogen and oxygen atoms in total. The van der Waals surface area contributed by atoms with Crippen LogP contribution in [0.3, 0.4) is 0 Å². The van der Waals surface area contributed by atoms with Crippen LogP contribution in [0.25, 0.3) is 26.7 Å². The number of para-hydroxylation sites is 1. The molecule has 194 valence electrons. The van der Waals surface area contributed by atoms with Crippen LogP contribution in [0.15, 0.2) is 83.7 Å². The molecule has 0 radical (unpaired) electrons. The van der Waals surface area contributed by atoms with Crippen LogP contribution in [0, 0.1) is 18.8 Å². The molecule has 3 aromatic carbocycles. The molecular formula is C31H20ClN5O2S. The Kier molecular flexibility index (Phi) is 5.77. The molecule has 0 spiro atoms. The molecule has 1 aliphatic heterocycles. The summed E-state index contributed by atoms with van der Waals surface area (Å²) in [6.07, 6.45) is 0. The molecule has 0 saturated carbocycles. The minimum Gasteiger partial charge on any atom is -0.338 e. The van der Waals surface area contributed by atoms with Gasteiger partial charge in [-0.3, -0.25) is 18.7 Å². The maximum atomic E-state index is 13.4. The summed E-state index contributed by atoms with van der Waals surface area (Å²) in [5, 5.41) is 15.3. The molecule has 1 aliphatic rings. The molecule has 3 aromatic heterocycles. The number of benzene rings is 3. The van der Waals surface area contributed by atoms with Gasteiger partial charge in [-0.25, -0.2) is 0 Å². The van der Waals surface area contributed by atoms with Gasteiger partial charge in [0.15, 0.2) is 0 Å². The van der Waals surface area contributed by atoms with E-state index in [1.54, 1.807) is 15.2 Å². The number of carbonyl (C=O) groups is 1. The predicted octanol–water partition coefficient (Wildman–Crippen LogP) is 5.64. The Morgan fingerprint density at radius 2 is 1.65 bits per heavy atom. The molecule has 7 rings (SSSR count). The first kappa shape index (κ1) is 24.3.